The van der Waals surface area contributed by atoms with Crippen LogP contribution in [-0.2, 0) is 14.3 Å². The van der Waals surface area contributed by atoms with Crippen LogP contribution in [0.15, 0.2) is 0 Å². The van der Waals surface area contributed by atoms with E-state index in [0.717, 1.165) is 0 Å². The molecule has 1 rings (SSSR count). The van der Waals surface area contributed by atoms with Crippen LogP contribution in [0.25, 0.3) is 0 Å². The highest BCUT2D eigenvalue weighted by atomic mass is 16.7. The number of rotatable bonds is 11. The fraction of sp³-hybridized carbons (Fsp3) is 0.938. The monoisotopic (exact) mass is 411 g/mol. The van der Waals surface area contributed by atoms with E-state index in [0.29, 0.717) is 6.42 Å². The molecular weight excluding hydrogens is 378 g/mol. The van der Waals surface area contributed by atoms with Gasteiger partial charge in [0.25, 0.3) is 0 Å². The first kappa shape index (κ1) is 25.1. The second-order valence-electron chi connectivity index (χ2n) is 6.78. The molecule has 12 heteroatoms. The Morgan fingerprint density at radius 1 is 1.21 bits per heavy atom. The highest BCUT2D eigenvalue weighted by molar-refractivity contribution is 5.76. The second kappa shape index (κ2) is 11.9. The van der Waals surface area contributed by atoms with Crippen LogP contribution in [0, 0.1) is 0 Å². The summed E-state index contributed by atoms with van der Waals surface area (Å²) in [6.45, 7) is 0.180. The number of nitrogens with two attached hydrogens (primary N) is 2. The van der Waals surface area contributed by atoms with Crippen molar-refractivity contribution in [2.24, 2.45) is 11.5 Å². The first-order valence-electron chi connectivity index (χ1n) is 9.21. The van der Waals surface area contributed by atoms with Crippen LogP contribution < -0.4 is 16.8 Å². The van der Waals surface area contributed by atoms with E-state index in [4.69, 9.17) is 26.0 Å². The zero-order valence-electron chi connectivity index (χ0n) is 15.8. The lowest BCUT2D eigenvalue weighted by Crippen LogP contribution is -2.66. The molecule has 0 aromatic heterocycles. The van der Waals surface area contributed by atoms with Gasteiger partial charge in [0.1, 0.15) is 24.4 Å². The van der Waals surface area contributed by atoms with E-state index in [1.165, 1.54) is 0 Å². The van der Waals surface area contributed by atoms with Crippen LogP contribution in [0.4, 0.5) is 0 Å². The maximum atomic E-state index is 11.8. The van der Waals surface area contributed by atoms with Gasteiger partial charge in [-0.15, -0.1) is 0 Å². The summed E-state index contributed by atoms with van der Waals surface area (Å²) >= 11 is 0. The molecule has 9 atom stereocenters. The van der Waals surface area contributed by atoms with Gasteiger partial charge in [-0.2, -0.15) is 0 Å². The van der Waals surface area contributed by atoms with Crippen LogP contribution in [-0.4, -0.2) is 111 Å². The van der Waals surface area contributed by atoms with E-state index in [9.17, 15) is 30.3 Å². The Kier molecular flexibility index (Phi) is 10.7. The van der Waals surface area contributed by atoms with Crippen molar-refractivity contribution in [3.63, 3.8) is 0 Å². The van der Waals surface area contributed by atoms with Gasteiger partial charge in [-0.05, 0) is 6.42 Å². The molecule has 1 heterocycles. The van der Waals surface area contributed by atoms with Crippen LogP contribution in [0.2, 0.25) is 0 Å². The third kappa shape index (κ3) is 6.29. The summed E-state index contributed by atoms with van der Waals surface area (Å²) in [7, 11) is 0. The fourth-order valence-corrected chi connectivity index (χ4v) is 2.93. The van der Waals surface area contributed by atoms with Gasteiger partial charge in [0.2, 0.25) is 5.91 Å². The van der Waals surface area contributed by atoms with Crippen molar-refractivity contribution >= 4 is 5.91 Å². The SMILES string of the molecule is CCCC(=O)N[C@H]1[C@H](O)[C@@H](O)[C@@H](O[C@@H]([C@H](N)[C@H](O)CO)[C@@H](O)CN)O[C@@H]1CO. The largest absolute Gasteiger partial charge is 0.394 e. The van der Waals surface area contributed by atoms with E-state index in [1.807, 2.05) is 0 Å². The number of nitrogens with one attached hydrogen (secondary N) is 1. The van der Waals surface area contributed by atoms with Gasteiger partial charge in [0.05, 0.1) is 37.5 Å². The average Bonchev–Trinajstić information content (AvgIpc) is 2.69. The molecule has 0 aromatic carbocycles. The standard InChI is InChI=1S/C16H33N3O9/c1-2-3-10(24)19-12-9(6-21)27-16(14(26)13(12)25)28-15(7(22)4-17)11(18)8(23)5-20/h7-9,11-16,20-23,25-26H,2-6,17-18H2,1H3,(H,19,24)/t7-,8+,9+,11+,12+,13-,14+,15+,16+/m0/s1. The van der Waals surface area contributed by atoms with Gasteiger partial charge >= 0.3 is 0 Å². The van der Waals surface area contributed by atoms with Crippen LogP contribution in [0.5, 0.6) is 0 Å². The second-order valence-corrected chi connectivity index (χ2v) is 6.78. The summed E-state index contributed by atoms with van der Waals surface area (Å²) < 4.78 is 10.9. The number of carbonyl (C=O) groups is 1. The smallest absolute Gasteiger partial charge is 0.220 e. The highest BCUT2D eigenvalue weighted by Gasteiger charge is 2.47. The maximum Gasteiger partial charge on any atom is 0.220 e. The van der Waals surface area contributed by atoms with Gasteiger partial charge in [0.15, 0.2) is 6.29 Å². The van der Waals surface area contributed by atoms with Gasteiger partial charge in [0, 0.05) is 13.0 Å². The molecule has 0 saturated carbocycles. The molecule has 12 nitrogen and oxygen atoms in total. The lowest BCUT2D eigenvalue weighted by atomic mass is 9.95. The minimum absolute atomic E-state index is 0.191. The number of carbonyl (C=O) groups excluding carboxylic acids is 1. The number of aliphatic hydroxyl groups excluding tert-OH is 6. The molecule has 166 valence electrons. The van der Waals surface area contributed by atoms with E-state index >= 15 is 0 Å². The molecule has 0 spiro atoms. The molecule has 0 aromatic rings. The van der Waals surface area contributed by atoms with Crippen molar-refractivity contribution < 1.29 is 44.9 Å². The van der Waals surface area contributed by atoms with Crippen molar-refractivity contribution in [2.45, 2.75) is 74.8 Å². The molecular formula is C16H33N3O9. The zero-order chi connectivity index (χ0) is 21.4. The first-order chi connectivity index (χ1) is 13.2. The van der Waals surface area contributed by atoms with Crippen LogP contribution in [0.1, 0.15) is 19.8 Å². The predicted octanol–water partition coefficient (Wildman–Crippen LogP) is -4.90. The Morgan fingerprint density at radius 3 is 2.36 bits per heavy atom. The Bertz CT molecular complexity index is 471. The highest BCUT2D eigenvalue weighted by Crippen LogP contribution is 2.25. The molecule has 1 saturated heterocycles. The normalized spacial score (nSPS) is 32.4. The third-order valence-corrected chi connectivity index (χ3v) is 4.61. The third-order valence-electron chi connectivity index (χ3n) is 4.61. The maximum absolute atomic E-state index is 11.8. The fourth-order valence-electron chi connectivity index (χ4n) is 2.93. The molecule has 1 aliphatic heterocycles. The lowest BCUT2D eigenvalue weighted by Gasteiger charge is -2.44. The zero-order valence-corrected chi connectivity index (χ0v) is 15.8. The number of hydrogen-bond acceptors (Lipinski definition) is 11. The van der Waals surface area contributed by atoms with Gasteiger partial charge in [-0.1, -0.05) is 6.92 Å². The number of hydrogen-bond donors (Lipinski definition) is 9. The van der Waals surface area contributed by atoms with E-state index in [1.54, 1.807) is 6.92 Å². The topological polar surface area (TPSA) is 221 Å². The average molecular weight is 411 g/mol. The molecule has 0 unspecified atom stereocenters. The minimum Gasteiger partial charge on any atom is -0.394 e. The van der Waals surface area contributed by atoms with Crippen molar-refractivity contribution in [1.29, 1.82) is 0 Å². The number of ether oxygens (including phenoxy) is 2. The Morgan fingerprint density at radius 2 is 1.86 bits per heavy atom. The van der Waals surface area contributed by atoms with Crippen LogP contribution in [0.3, 0.4) is 0 Å². The molecule has 1 aliphatic rings. The summed E-state index contributed by atoms with van der Waals surface area (Å²) in [4.78, 5) is 11.8. The molecule has 0 aliphatic carbocycles. The molecule has 0 radical (unpaired) electrons. The van der Waals surface area contributed by atoms with Crippen molar-refractivity contribution in [3.05, 3.63) is 0 Å². The Labute approximate surface area is 163 Å². The van der Waals surface area contributed by atoms with E-state index in [-0.39, 0.29) is 18.9 Å². The van der Waals surface area contributed by atoms with Crippen molar-refractivity contribution in [3.8, 4) is 0 Å². The van der Waals surface area contributed by atoms with Gasteiger partial charge in [-0.3, -0.25) is 4.79 Å². The molecule has 1 fully saturated rings. The molecule has 28 heavy (non-hydrogen) atoms. The van der Waals surface area contributed by atoms with Crippen LogP contribution >= 0.6 is 0 Å². The summed E-state index contributed by atoms with van der Waals surface area (Å²) in [5, 5.41) is 61.6. The summed E-state index contributed by atoms with van der Waals surface area (Å²) in [6.07, 6.45) is -9.30. The van der Waals surface area contributed by atoms with Gasteiger partial charge < -0.3 is 56.9 Å². The Balaban J connectivity index is 2.94. The predicted molar refractivity (Wildman–Crippen MR) is 95.6 cm³/mol. The first-order valence-corrected chi connectivity index (χ1v) is 9.21. The quantitative estimate of drug-likeness (QED) is 0.157. The summed E-state index contributed by atoms with van der Waals surface area (Å²) in [5.74, 6) is -0.385. The minimum atomic E-state index is -1.67. The van der Waals surface area contributed by atoms with Crippen molar-refractivity contribution in [1.82, 2.24) is 5.32 Å². The summed E-state index contributed by atoms with van der Waals surface area (Å²) in [6, 6.07) is -2.38. The molecule has 0 bridgehead atoms. The van der Waals surface area contributed by atoms with E-state index < -0.39 is 68.2 Å². The lowest BCUT2D eigenvalue weighted by molar-refractivity contribution is -0.302. The Hall–Kier alpha value is -0.930. The van der Waals surface area contributed by atoms with Crippen molar-refractivity contribution in [2.75, 3.05) is 19.8 Å². The molecule has 11 N–H and O–H groups in total. The number of aliphatic hydroxyl groups is 6. The molecule has 1 amide bonds. The van der Waals surface area contributed by atoms with Gasteiger partial charge in [-0.25, -0.2) is 0 Å². The number of amides is 1. The summed E-state index contributed by atoms with van der Waals surface area (Å²) in [5.41, 5.74) is 11.2. The van der Waals surface area contributed by atoms with E-state index in [2.05, 4.69) is 5.32 Å².